The summed E-state index contributed by atoms with van der Waals surface area (Å²) in [6.07, 6.45) is 1.59. The highest BCUT2D eigenvalue weighted by atomic mass is 16.5. The molecule has 0 spiro atoms. The van der Waals surface area contributed by atoms with Gasteiger partial charge in [0.25, 0.3) is 11.7 Å². The van der Waals surface area contributed by atoms with E-state index in [-0.39, 0.29) is 30.1 Å². The van der Waals surface area contributed by atoms with Crippen LogP contribution >= 0.6 is 0 Å². The number of methoxy groups -OCH3 is 1. The number of aryl methyl sites for hydroxylation is 1. The second-order valence-corrected chi connectivity index (χ2v) is 8.98. The van der Waals surface area contributed by atoms with Crippen LogP contribution in [0.4, 0.5) is 0 Å². The lowest BCUT2D eigenvalue weighted by Gasteiger charge is -2.28. The number of ketones is 1. The zero-order chi connectivity index (χ0) is 24.4. The molecule has 2 aliphatic heterocycles. The Labute approximate surface area is 199 Å². The molecule has 2 heterocycles. The number of carbonyl (C=O) groups is 2. The van der Waals surface area contributed by atoms with Crippen LogP contribution in [0.25, 0.3) is 5.76 Å². The lowest BCUT2D eigenvalue weighted by molar-refractivity contribution is -0.140. The van der Waals surface area contributed by atoms with Crippen LogP contribution < -0.4 is 9.47 Å². The summed E-state index contributed by atoms with van der Waals surface area (Å²) in [4.78, 5) is 28.0. The molecule has 2 fully saturated rings. The fourth-order valence-electron chi connectivity index (χ4n) is 4.63. The van der Waals surface area contributed by atoms with Gasteiger partial charge in [-0.1, -0.05) is 18.2 Å². The molecule has 1 N–H and O–H groups in total. The molecule has 7 nitrogen and oxygen atoms in total. The number of hydrogen-bond acceptors (Lipinski definition) is 6. The second-order valence-electron chi connectivity index (χ2n) is 8.98. The second kappa shape index (κ2) is 9.89. The first-order chi connectivity index (χ1) is 16.3. The fraction of sp³-hybridized carbons (Fsp3) is 0.407. The molecule has 34 heavy (non-hydrogen) atoms. The van der Waals surface area contributed by atoms with E-state index in [4.69, 9.17) is 14.2 Å². The average Bonchev–Trinajstić information content (AvgIpc) is 3.42. The van der Waals surface area contributed by atoms with Crippen LogP contribution in [0.5, 0.6) is 11.5 Å². The van der Waals surface area contributed by atoms with Crippen molar-refractivity contribution in [1.82, 2.24) is 4.90 Å². The molecule has 2 saturated heterocycles. The largest absolute Gasteiger partial charge is 0.507 e. The van der Waals surface area contributed by atoms with Crippen LogP contribution in [0, 0.1) is 6.92 Å². The highest BCUT2D eigenvalue weighted by molar-refractivity contribution is 6.46. The van der Waals surface area contributed by atoms with Crippen LogP contribution in [-0.2, 0) is 14.3 Å². The van der Waals surface area contributed by atoms with E-state index in [0.717, 1.165) is 18.4 Å². The van der Waals surface area contributed by atoms with Crippen molar-refractivity contribution in [2.75, 3.05) is 20.3 Å². The first-order valence-corrected chi connectivity index (χ1v) is 11.6. The summed E-state index contributed by atoms with van der Waals surface area (Å²) in [6.45, 7) is 6.66. The molecule has 0 aliphatic carbocycles. The standard InChI is InChI=1S/C27H31NO6/c1-16(2)34-21-12-11-18(14-17(21)3)25(29)23-24(20-9-5-6-10-22(20)32-4)28(27(31)26(23)30)15-19-8-7-13-33-19/h5-6,9-12,14,16,19,24,29H,7-8,13,15H2,1-4H3/b25-23+. The molecule has 180 valence electrons. The summed E-state index contributed by atoms with van der Waals surface area (Å²) in [5.74, 6) is -0.347. The molecule has 2 atom stereocenters. The number of Topliss-reactive ketones (excluding diaryl/α,β-unsaturated/α-hetero) is 1. The topological polar surface area (TPSA) is 85.3 Å². The van der Waals surface area contributed by atoms with Gasteiger partial charge in [0.1, 0.15) is 17.3 Å². The van der Waals surface area contributed by atoms with Gasteiger partial charge in [0.15, 0.2) is 0 Å². The fourth-order valence-corrected chi connectivity index (χ4v) is 4.63. The first-order valence-electron chi connectivity index (χ1n) is 11.6. The molecule has 0 radical (unpaired) electrons. The van der Waals surface area contributed by atoms with Gasteiger partial charge >= 0.3 is 0 Å². The zero-order valence-electron chi connectivity index (χ0n) is 20.0. The highest BCUT2D eigenvalue weighted by Gasteiger charge is 2.48. The number of hydrogen-bond donors (Lipinski definition) is 1. The molecule has 1 amide bonds. The van der Waals surface area contributed by atoms with Gasteiger partial charge in [-0.15, -0.1) is 0 Å². The van der Waals surface area contributed by atoms with E-state index in [0.29, 0.717) is 29.2 Å². The molecule has 2 aromatic rings. The van der Waals surface area contributed by atoms with Gasteiger partial charge in [0.05, 0.1) is 30.9 Å². The van der Waals surface area contributed by atoms with Gasteiger partial charge in [-0.3, -0.25) is 9.59 Å². The van der Waals surface area contributed by atoms with Gasteiger partial charge in [0, 0.05) is 24.3 Å². The van der Waals surface area contributed by atoms with Crippen molar-refractivity contribution < 1.29 is 28.9 Å². The Balaban J connectivity index is 1.83. The van der Waals surface area contributed by atoms with E-state index in [1.807, 2.05) is 39.0 Å². The monoisotopic (exact) mass is 465 g/mol. The SMILES string of the molecule is COc1ccccc1C1/C(=C(\O)c2ccc(OC(C)C)c(C)c2)C(=O)C(=O)N1CC1CCCO1. The third kappa shape index (κ3) is 4.53. The summed E-state index contributed by atoms with van der Waals surface area (Å²) in [5, 5.41) is 11.3. The summed E-state index contributed by atoms with van der Waals surface area (Å²) in [5.41, 5.74) is 1.95. The van der Waals surface area contributed by atoms with Crippen LogP contribution in [-0.4, -0.2) is 54.2 Å². The number of benzene rings is 2. The third-order valence-corrected chi connectivity index (χ3v) is 6.21. The first kappa shape index (κ1) is 23.8. The minimum Gasteiger partial charge on any atom is -0.507 e. The Morgan fingerprint density at radius 1 is 1.18 bits per heavy atom. The number of amides is 1. The Morgan fingerprint density at radius 3 is 2.59 bits per heavy atom. The minimum absolute atomic E-state index is 0.00632. The molecule has 2 aliphatic rings. The summed E-state index contributed by atoms with van der Waals surface area (Å²) < 4.78 is 17.1. The van der Waals surface area contributed by atoms with Crippen LogP contribution in [0.15, 0.2) is 48.0 Å². The van der Waals surface area contributed by atoms with Gasteiger partial charge in [-0.05, 0) is 63.4 Å². The Kier molecular flexibility index (Phi) is 6.93. The summed E-state index contributed by atoms with van der Waals surface area (Å²) >= 11 is 0. The van der Waals surface area contributed by atoms with Gasteiger partial charge in [0.2, 0.25) is 0 Å². The molecule has 2 aromatic carbocycles. The molecular formula is C27H31NO6. The number of para-hydroxylation sites is 1. The van der Waals surface area contributed by atoms with E-state index in [1.165, 1.54) is 4.90 Å². The minimum atomic E-state index is -0.785. The predicted octanol–water partition coefficient (Wildman–Crippen LogP) is 4.39. The maximum Gasteiger partial charge on any atom is 0.295 e. The number of carbonyl (C=O) groups excluding carboxylic acids is 2. The number of likely N-dealkylation sites (tertiary alicyclic amines) is 1. The normalized spacial score (nSPS) is 22.0. The van der Waals surface area contributed by atoms with Crippen molar-refractivity contribution in [3.05, 3.63) is 64.7 Å². The average molecular weight is 466 g/mol. The predicted molar refractivity (Wildman–Crippen MR) is 128 cm³/mol. The highest BCUT2D eigenvalue weighted by Crippen LogP contribution is 2.43. The van der Waals surface area contributed by atoms with Crippen molar-refractivity contribution in [1.29, 1.82) is 0 Å². The van der Waals surface area contributed by atoms with Gasteiger partial charge in [-0.25, -0.2) is 0 Å². The van der Waals surface area contributed by atoms with E-state index >= 15 is 0 Å². The Morgan fingerprint density at radius 2 is 1.94 bits per heavy atom. The van der Waals surface area contributed by atoms with Crippen molar-refractivity contribution in [2.45, 2.75) is 51.9 Å². The molecule has 0 bridgehead atoms. The number of aliphatic hydroxyl groups excluding tert-OH is 1. The van der Waals surface area contributed by atoms with Crippen LogP contribution in [0.3, 0.4) is 0 Å². The third-order valence-electron chi connectivity index (χ3n) is 6.21. The van der Waals surface area contributed by atoms with Gasteiger partial charge in [-0.2, -0.15) is 0 Å². The van der Waals surface area contributed by atoms with E-state index < -0.39 is 17.7 Å². The summed E-state index contributed by atoms with van der Waals surface area (Å²) in [7, 11) is 1.54. The quantitative estimate of drug-likeness (QED) is 0.371. The molecule has 0 aromatic heterocycles. The van der Waals surface area contributed by atoms with E-state index in [9.17, 15) is 14.7 Å². The molecule has 2 unspecified atom stereocenters. The van der Waals surface area contributed by atoms with Crippen molar-refractivity contribution >= 4 is 17.4 Å². The maximum absolute atomic E-state index is 13.3. The number of aliphatic hydroxyl groups is 1. The lowest BCUT2D eigenvalue weighted by Crippen LogP contribution is -2.36. The van der Waals surface area contributed by atoms with Crippen molar-refractivity contribution in [3.8, 4) is 11.5 Å². The summed E-state index contributed by atoms with van der Waals surface area (Å²) in [6, 6.07) is 11.7. The number of rotatable bonds is 7. The zero-order valence-corrected chi connectivity index (χ0v) is 20.0. The van der Waals surface area contributed by atoms with Gasteiger partial charge < -0.3 is 24.2 Å². The van der Waals surface area contributed by atoms with E-state index in [2.05, 4.69) is 0 Å². The maximum atomic E-state index is 13.3. The van der Waals surface area contributed by atoms with Crippen molar-refractivity contribution in [3.63, 3.8) is 0 Å². The van der Waals surface area contributed by atoms with Crippen LogP contribution in [0.1, 0.15) is 49.4 Å². The Bertz CT molecular complexity index is 1120. The molecule has 7 heteroatoms. The molecule has 0 saturated carbocycles. The molecule has 4 rings (SSSR count). The van der Waals surface area contributed by atoms with Crippen molar-refractivity contribution in [2.24, 2.45) is 0 Å². The smallest absolute Gasteiger partial charge is 0.295 e. The lowest BCUT2D eigenvalue weighted by atomic mass is 9.94. The number of nitrogens with zero attached hydrogens (tertiary/aromatic N) is 1. The number of ether oxygens (including phenoxy) is 3. The molecular weight excluding hydrogens is 434 g/mol. The Hall–Kier alpha value is -3.32. The van der Waals surface area contributed by atoms with Crippen LogP contribution in [0.2, 0.25) is 0 Å². The van der Waals surface area contributed by atoms with E-state index in [1.54, 1.807) is 31.4 Å².